The molecular weight excluding hydrogens is 302 g/mol. The van der Waals surface area contributed by atoms with Crippen LogP contribution in [0.1, 0.15) is 38.3 Å². The standard InChI is InChI=1S/C19H23N3O2/c1-19(2,3)22-14-17(13-21-22)11-7-8-12-20-18(23)24-15-16-9-5-4-6-10-16/h4-6,9-10,13-14H,8,12,15H2,1-3H3,(H,20,23). The summed E-state index contributed by atoms with van der Waals surface area (Å²) in [4.78, 5) is 11.6. The number of benzene rings is 1. The number of carbonyl (C=O) groups excluding carboxylic acids is 1. The molecule has 1 aromatic heterocycles. The minimum Gasteiger partial charge on any atom is -0.445 e. The van der Waals surface area contributed by atoms with Crippen molar-refractivity contribution in [1.29, 1.82) is 0 Å². The molecule has 24 heavy (non-hydrogen) atoms. The van der Waals surface area contributed by atoms with Gasteiger partial charge in [-0.3, -0.25) is 4.68 Å². The highest BCUT2D eigenvalue weighted by Gasteiger charge is 2.13. The number of nitrogens with zero attached hydrogens (tertiary/aromatic N) is 2. The number of rotatable bonds is 4. The van der Waals surface area contributed by atoms with Gasteiger partial charge >= 0.3 is 6.09 Å². The average molecular weight is 325 g/mol. The summed E-state index contributed by atoms with van der Waals surface area (Å²) >= 11 is 0. The number of hydrogen-bond acceptors (Lipinski definition) is 3. The lowest BCUT2D eigenvalue weighted by molar-refractivity contribution is 0.140. The van der Waals surface area contributed by atoms with Crippen LogP contribution in [0.3, 0.4) is 0 Å². The van der Waals surface area contributed by atoms with Crippen molar-refractivity contribution >= 4 is 6.09 Å². The Bertz CT molecular complexity index is 718. The van der Waals surface area contributed by atoms with E-state index in [2.05, 4.69) is 43.0 Å². The minimum absolute atomic E-state index is 0.0516. The number of hydrogen-bond donors (Lipinski definition) is 1. The molecule has 0 atom stereocenters. The summed E-state index contributed by atoms with van der Waals surface area (Å²) in [6.45, 7) is 6.98. The SMILES string of the molecule is CC(C)(C)n1cc(C#CCCNC(=O)OCc2ccccc2)cn1. The second kappa shape index (κ2) is 8.21. The summed E-state index contributed by atoms with van der Waals surface area (Å²) in [5.74, 6) is 6.07. The molecular formula is C19H23N3O2. The smallest absolute Gasteiger partial charge is 0.407 e. The summed E-state index contributed by atoms with van der Waals surface area (Å²) in [6, 6.07) is 9.57. The fourth-order valence-corrected chi connectivity index (χ4v) is 1.92. The van der Waals surface area contributed by atoms with Crippen LogP contribution in [0, 0.1) is 11.8 Å². The van der Waals surface area contributed by atoms with Crippen LogP contribution >= 0.6 is 0 Å². The fourth-order valence-electron chi connectivity index (χ4n) is 1.92. The topological polar surface area (TPSA) is 56.2 Å². The van der Waals surface area contributed by atoms with E-state index >= 15 is 0 Å². The molecule has 1 heterocycles. The Morgan fingerprint density at radius 2 is 2.04 bits per heavy atom. The molecule has 0 saturated heterocycles. The van der Waals surface area contributed by atoms with Crippen molar-refractivity contribution in [3.63, 3.8) is 0 Å². The van der Waals surface area contributed by atoms with Crippen LogP contribution in [-0.4, -0.2) is 22.4 Å². The molecule has 0 aliphatic rings. The Kier molecular flexibility index (Phi) is 6.02. The monoisotopic (exact) mass is 325 g/mol. The first-order valence-electron chi connectivity index (χ1n) is 7.94. The van der Waals surface area contributed by atoms with Crippen molar-refractivity contribution in [1.82, 2.24) is 15.1 Å². The molecule has 5 heteroatoms. The van der Waals surface area contributed by atoms with E-state index in [1.165, 1.54) is 0 Å². The van der Waals surface area contributed by atoms with E-state index in [1.54, 1.807) is 6.20 Å². The zero-order valence-corrected chi connectivity index (χ0v) is 14.4. The van der Waals surface area contributed by atoms with Crippen LogP contribution in [0.5, 0.6) is 0 Å². The van der Waals surface area contributed by atoms with E-state index in [4.69, 9.17) is 4.74 Å². The van der Waals surface area contributed by atoms with Gasteiger partial charge in [-0.05, 0) is 26.3 Å². The van der Waals surface area contributed by atoms with Gasteiger partial charge in [-0.1, -0.05) is 42.2 Å². The molecule has 1 N–H and O–H groups in total. The quantitative estimate of drug-likeness (QED) is 0.693. The van der Waals surface area contributed by atoms with Crippen molar-refractivity contribution in [2.24, 2.45) is 0 Å². The van der Waals surface area contributed by atoms with Crippen LogP contribution in [0.2, 0.25) is 0 Å². The molecule has 0 spiro atoms. The molecule has 0 aliphatic carbocycles. The van der Waals surface area contributed by atoms with E-state index in [-0.39, 0.29) is 12.1 Å². The molecule has 2 rings (SSSR count). The molecule has 0 unspecified atom stereocenters. The first-order chi connectivity index (χ1) is 11.4. The normalized spacial score (nSPS) is 10.6. The maximum Gasteiger partial charge on any atom is 0.407 e. The summed E-state index contributed by atoms with van der Waals surface area (Å²) < 4.78 is 7.01. The van der Waals surface area contributed by atoms with Gasteiger partial charge in [0.1, 0.15) is 6.61 Å². The minimum atomic E-state index is -0.429. The van der Waals surface area contributed by atoms with Gasteiger partial charge in [-0.15, -0.1) is 0 Å². The predicted octanol–water partition coefficient (Wildman–Crippen LogP) is 3.31. The molecule has 0 saturated carbocycles. The second-order valence-corrected chi connectivity index (χ2v) is 6.38. The Morgan fingerprint density at radius 1 is 1.29 bits per heavy atom. The second-order valence-electron chi connectivity index (χ2n) is 6.38. The highest BCUT2D eigenvalue weighted by molar-refractivity contribution is 5.67. The van der Waals surface area contributed by atoms with E-state index in [0.29, 0.717) is 13.0 Å². The maximum atomic E-state index is 11.6. The average Bonchev–Trinajstić information content (AvgIpc) is 3.03. The summed E-state index contributed by atoms with van der Waals surface area (Å²) in [5.41, 5.74) is 1.78. The first-order valence-corrected chi connectivity index (χ1v) is 7.94. The highest BCUT2D eigenvalue weighted by Crippen LogP contribution is 2.12. The van der Waals surface area contributed by atoms with Gasteiger partial charge in [0.05, 0.1) is 17.3 Å². The van der Waals surface area contributed by atoms with E-state index < -0.39 is 6.09 Å². The molecule has 1 aromatic carbocycles. The van der Waals surface area contributed by atoms with Gasteiger partial charge in [0, 0.05) is 19.2 Å². The third-order valence-corrected chi connectivity index (χ3v) is 3.23. The van der Waals surface area contributed by atoms with E-state index in [9.17, 15) is 4.79 Å². The summed E-state index contributed by atoms with van der Waals surface area (Å²) in [7, 11) is 0. The maximum absolute atomic E-state index is 11.6. The van der Waals surface area contributed by atoms with Gasteiger partial charge in [0.15, 0.2) is 0 Å². The largest absolute Gasteiger partial charge is 0.445 e. The zero-order chi connectivity index (χ0) is 17.4. The van der Waals surface area contributed by atoms with Crippen LogP contribution in [-0.2, 0) is 16.9 Å². The van der Waals surface area contributed by atoms with Crippen LogP contribution in [0.15, 0.2) is 42.7 Å². The van der Waals surface area contributed by atoms with Gasteiger partial charge < -0.3 is 10.1 Å². The molecule has 2 aromatic rings. The van der Waals surface area contributed by atoms with Gasteiger partial charge in [-0.2, -0.15) is 5.10 Å². The molecule has 1 amide bonds. The third-order valence-electron chi connectivity index (χ3n) is 3.23. The Labute approximate surface area is 143 Å². The number of amides is 1. The van der Waals surface area contributed by atoms with Gasteiger partial charge in [0.25, 0.3) is 0 Å². The van der Waals surface area contributed by atoms with Crippen molar-refractivity contribution in [3.8, 4) is 11.8 Å². The number of aromatic nitrogens is 2. The highest BCUT2D eigenvalue weighted by atomic mass is 16.5. The Balaban J connectivity index is 1.68. The lowest BCUT2D eigenvalue weighted by atomic mass is 10.1. The third kappa shape index (κ3) is 5.81. The zero-order valence-electron chi connectivity index (χ0n) is 14.4. The van der Waals surface area contributed by atoms with E-state index in [0.717, 1.165) is 11.1 Å². The molecule has 0 bridgehead atoms. The van der Waals surface area contributed by atoms with Crippen molar-refractivity contribution in [3.05, 3.63) is 53.9 Å². The van der Waals surface area contributed by atoms with Crippen molar-refractivity contribution in [2.75, 3.05) is 6.54 Å². The number of ether oxygens (including phenoxy) is 1. The van der Waals surface area contributed by atoms with Crippen LogP contribution < -0.4 is 5.32 Å². The number of carbonyl (C=O) groups is 1. The summed E-state index contributed by atoms with van der Waals surface area (Å²) in [6.07, 6.45) is 3.80. The van der Waals surface area contributed by atoms with Crippen molar-refractivity contribution in [2.45, 2.75) is 39.3 Å². The number of nitrogens with one attached hydrogen (secondary N) is 1. The van der Waals surface area contributed by atoms with Crippen LogP contribution in [0.25, 0.3) is 0 Å². The molecule has 5 nitrogen and oxygen atoms in total. The lowest BCUT2D eigenvalue weighted by Gasteiger charge is -2.18. The lowest BCUT2D eigenvalue weighted by Crippen LogP contribution is -2.24. The van der Waals surface area contributed by atoms with E-state index in [1.807, 2.05) is 41.2 Å². The van der Waals surface area contributed by atoms with Crippen LogP contribution in [0.4, 0.5) is 4.79 Å². The fraction of sp³-hybridized carbons (Fsp3) is 0.368. The predicted molar refractivity (Wildman–Crippen MR) is 93.3 cm³/mol. The molecule has 0 aliphatic heterocycles. The van der Waals surface area contributed by atoms with Crippen molar-refractivity contribution < 1.29 is 9.53 Å². The molecule has 0 radical (unpaired) electrons. The summed E-state index contributed by atoms with van der Waals surface area (Å²) in [5, 5.41) is 6.98. The Hall–Kier alpha value is -2.74. The molecule has 126 valence electrons. The molecule has 0 fully saturated rings. The van der Waals surface area contributed by atoms with Gasteiger partial charge in [-0.25, -0.2) is 4.79 Å². The van der Waals surface area contributed by atoms with Gasteiger partial charge in [0.2, 0.25) is 0 Å². The first kappa shape index (κ1) is 17.6. The number of alkyl carbamates (subject to hydrolysis) is 1. The Morgan fingerprint density at radius 3 is 2.71 bits per heavy atom.